The van der Waals surface area contributed by atoms with Gasteiger partial charge in [-0.05, 0) is 25.8 Å². The maximum absolute atomic E-state index is 12.0. The van der Waals surface area contributed by atoms with Crippen molar-refractivity contribution in [1.82, 2.24) is 16.0 Å². The van der Waals surface area contributed by atoms with Gasteiger partial charge in [-0.15, -0.1) is 24.0 Å². The molecule has 3 N–H and O–H groups in total. The minimum absolute atomic E-state index is 0. The fourth-order valence-corrected chi connectivity index (χ4v) is 3.19. The predicted octanol–water partition coefficient (Wildman–Crippen LogP) is 3.21. The van der Waals surface area contributed by atoms with E-state index in [0.717, 1.165) is 24.2 Å². The second-order valence-electron chi connectivity index (χ2n) is 6.55. The predicted molar refractivity (Wildman–Crippen MR) is 121 cm³/mol. The van der Waals surface area contributed by atoms with Crippen molar-refractivity contribution < 1.29 is 9.53 Å². The number of nitrogens with zero attached hydrogens (tertiary/aromatic N) is 1. The van der Waals surface area contributed by atoms with Gasteiger partial charge in [0, 0.05) is 38.2 Å². The SMILES string of the molecule is CCOc1ccccc1CNC(=NC)NCCC(=O)NC1CCCCC1.I. The number of amides is 1. The molecular weight excluding hydrogens is 455 g/mol. The lowest BCUT2D eigenvalue weighted by Gasteiger charge is -2.22. The van der Waals surface area contributed by atoms with E-state index in [1.54, 1.807) is 7.05 Å². The molecule has 27 heavy (non-hydrogen) atoms. The van der Waals surface area contributed by atoms with Gasteiger partial charge in [-0.25, -0.2) is 0 Å². The molecule has 0 atom stereocenters. The quantitative estimate of drug-likeness (QED) is 0.299. The van der Waals surface area contributed by atoms with Gasteiger partial charge >= 0.3 is 0 Å². The number of para-hydroxylation sites is 1. The van der Waals surface area contributed by atoms with Gasteiger partial charge in [-0.2, -0.15) is 0 Å². The lowest BCUT2D eigenvalue weighted by atomic mass is 9.95. The van der Waals surface area contributed by atoms with Crippen molar-refractivity contribution in [1.29, 1.82) is 0 Å². The summed E-state index contributed by atoms with van der Waals surface area (Å²) in [6.07, 6.45) is 6.42. The van der Waals surface area contributed by atoms with Crippen LogP contribution < -0.4 is 20.7 Å². The fraction of sp³-hybridized carbons (Fsp3) is 0.600. The number of ether oxygens (including phenoxy) is 1. The van der Waals surface area contributed by atoms with E-state index in [1.807, 2.05) is 31.2 Å². The molecule has 0 aliphatic heterocycles. The molecule has 0 saturated heterocycles. The average Bonchev–Trinajstić information content (AvgIpc) is 2.66. The van der Waals surface area contributed by atoms with Gasteiger partial charge in [0.1, 0.15) is 5.75 Å². The Morgan fingerprint density at radius 3 is 2.63 bits per heavy atom. The summed E-state index contributed by atoms with van der Waals surface area (Å²) in [5.74, 6) is 1.67. The Balaban J connectivity index is 0.00000364. The Hall–Kier alpha value is -1.51. The summed E-state index contributed by atoms with van der Waals surface area (Å²) in [5, 5.41) is 9.60. The third kappa shape index (κ3) is 8.81. The van der Waals surface area contributed by atoms with Crippen LogP contribution in [0.1, 0.15) is 51.0 Å². The standard InChI is InChI=1S/C20H32N4O2.HI/c1-3-26-18-12-8-7-9-16(18)15-23-20(21-2)22-14-13-19(25)24-17-10-5-4-6-11-17;/h7-9,12,17H,3-6,10-11,13-15H2,1-2H3,(H,24,25)(H2,21,22,23);1H. The van der Waals surface area contributed by atoms with E-state index in [2.05, 4.69) is 20.9 Å². The Kier molecular flexibility index (Phi) is 11.9. The Morgan fingerprint density at radius 1 is 1.19 bits per heavy atom. The molecule has 0 aromatic heterocycles. The molecule has 0 heterocycles. The first kappa shape index (κ1) is 23.5. The summed E-state index contributed by atoms with van der Waals surface area (Å²) in [7, 11) is 1.73. The third-order valence-electron chi connectivity index (χ3n) is 4.56. The number of hydrogen-bond acceptors (Lipinski definition) is 3. The second-order valence-corrected chi connectivity index (χ2v) is 6.55. The molecule has 0 spiro atoms. The van der Waals surface area contributed by atoms with Crippen LogP contribution in [0.25, 0.3) is 0 Å². The highest BCUT2D eigenvalue weighted by atomic mass is 127. The monoisotopic (exact) mass is 488 g/mol. The van der Waals surface area contributed by atoms with Crippen LogP contribution in [-0.2, 0) is 11.3 Å². The number of guanidine groups is 1. The van der Waals surface area contributed by atoms with E-state index in [-0.39, 0.29) is 29.9 Å². The van der Waals surface area contributed by atoms with Gasteiger partial charge in [0.05, 0.1) is 6.61 Å². The number of benzene rings is 1. The first-order valence-electron chi connectivity index (χ1n) is 9.67. The van der Waals surface area contributed by atoms with Crippen LogP contribution in [0.2, 0.25) is 0 Å². The molecule has 1 aromatic rings. The Labute approximate surface area is 179 Å². The summed E-state index contributed by atoms with van der Waals surface area (Å²) in [4.78, 5) is 16.3. The summed E-state index contributed by atoms with van der Waals surface area (Å²) in [6.45, 7) is 3.79. The van der Waals surface area contributed by atoms with Gasteiger partial charge in [-0.1, -0.05) is 37.5 Å². The molecule has 1 fully saturated rings. The van der Waals surface area contributed by atoms with Crippen molar-refractivity contribution >= 4 is 35.8 Å². The molecular formula is C20H33IN4O2. The van der Waals surface area contributed by atoms with Gasteiger partial charge in [0.2, 0.25) is 5.91 Å². The minimum atomic E-state index is 0. The molecule has 1 aromatic carbocycles. The zero-order valence-corrected chi connectivity index (χ0v) is 18.8. The van der Waals surface area contributed by atoms with Crippen LogP contribution in [-0.4, -0.2) is 38.1 Å². The molecule has 1 saturated carbocycles. The Morgan fingerprint density at radius 2 is 1.93 bits per heavy atom. The van der Waals surface area contributed by atoms with Crippen molar-refractivity contribution in [2.45, 2.75) is 58.0 Å². The topological polar surface area (TPSA) is 74.8 Å². The molecule has 2 rings (SSSR count). The lowest BCUT2D eigenvalue weighted by molar-refractivity contribution is -0.121. The maximum Gasteiger partial charge on any atom is 0.221 e. The van der Waals surface area contributed by atoms with Crippen molar-refractivity contribution in [3.63, 3.8) is 0 Å². The van der Waals surface area contributed by atoms with Crippen molar-refractivity contribution in [3.8, 4) is 5.75 Å². The fourth-order valence-electron chi connectivity index (χ4n) is 3.19. The highest BCUT2D eigenvalue weighted by Gasteiger charge is 2.15. The largest absolute Gasteiger partial charge is 0.494 e. The number of carbonyl (C=O) groups excluding carboxylic acids is 1. The maximum atomic E-state index is 12.0. The first-order chi connectivity index (χ1) is 12.7. The first-order valence-corrected chi connectivity index (χ1v) is 9.67. The lowest BCUT2D eigenvalue weighted by Crippen LogP contribution is -2.41. The number of nitrogens with one attached hydrogen (secondary N) is 3. The van der Waals surface area contributed by atoms with Crippen LogP contribution >= 0.6 is 24.0 Å². The molecule has 1 amide bonds. The van der Waals surface area contributed by atoms with E-state index in [9.17, 15) is 4.79 Å². The number of halogens is 1. The number of hydrogen-bond donors (Lipinski definition) is 3. The second kappa shape index (κ2) is 13.6. The molecule has 1 aliphatic rings. The molecule has 6 nitrogen and oxygen atoms in total. The van der Waals surface area contributed by atoms with Gasteiger partial charge in [0.15, 0.2) is 5.96 Å². The van der Waals surface area contributed by atoms with Crippen LogP contribution in [0.15, 0.2) is 29.3 Å². The number of rotatable bonds is 8. The molecule has 152 valence electrons. The summed E-state index contributed by atoms with van der Waals surface area (Å²) in [5.41, 5.74) is 1.08. The van der Waals surface area contributed by atoms with E-state index in [1.165, 1.54) is 19.3 Å². The van der Waals surface area contributed by atoms with Crippen LogP contribution in [0.3, 0.4) is 0 Å². The van der Waals surface area contributed by atoms with Gasteiger partial charge in [0.25, 0.3) is 0 Å². The number of aliphatic imine (C=N–C) groups is 1. The highest BCUT2D eigenvalue weighted by Crippen LogP contribution is 2.18. The van der Waals surface area contributed by atoms with Crippen LogP contribution in [0, 0.1) is 0 Å². The molecule has 1 aliphatic carbocycles. The van der Waals surface area contributed by atoms with E-state index >= 15 is 0 Å². The molecule has 0 unspecified atom stereocenters. The smallest absolute Gasteiger partial charge is 0.221 e. The van der Waals surface area contributed by atoms with Crippen molar-refractivity contribution in [2.75, 3.05) is 20.2 Å². The van der Waals surface area contributed by atoms with Crippen molar-refractivity contribution in [3.05, 3.63) is 29.8 Å². The molecule has 0 bridgehead atoms. The third-order valence-corrected chi connectivity index (χ3v) is 4.56. The zero-order chi connectivity index (χ0) is 18.6. The minimum Gasteiger partial charge on any atom is -0.494 e. The summed E-state index contributed by atoms with van der Waals surface area (Å²) < 4.78 is 5.63. The van der Waals surface area contributed by atoms with Gasteiger partial charge < -0.3 is 20.7 Å². The highest BCUT2D eigenvalue weighted by molar-refractivity contribution is 14.0. The average molecular weight is 488 g/mol. The van der Waals surface area contributed by atoms with E-state index in [4.69, 9.17) is 4.74 Å². The van der Waals surface area contributed by atoms with E-state index in [0.29, 0.717) is 38.1 Å². The van der Waals surface area contributed by atoms with Gasteiger partial charge in [-0.3, -0.25) is 9.79 Å². The Bertz CT molecular complexity index is 589. The summed E-state index contributed by atoms with van der Waals surface area (Å²) in [6, 6.07) is 8.32. The molecule has 7 heteroatoms. The zero-order valence-electron chi connectivity index (χ0n) is 16.4. The van der Waals surface area contributed by atoms with Crippen LogP contribution in [0.5, 0.6) is 5.75 Å². The summed E-state index contributed by atoms with van der Waals surface area (Å²) >= 11 is 0. The normalized spacial score (nSPS) is 14.8. The van der Waals surface area contributed by atoms with Crippen molar-refractivity contribution in [2.24, 2.45) is 4.99 Å². The number of carbonyl (C=O) groups is 1. The van der Waals surface area contributed by atoms with Crippen LogP contribution in [0.4, 0.5) is 0 Å². The molecule has 0 radical (unpaired) electrons. The van der Waals surface area contributed by atoms with E-state index < -0.39 is 0 Å².